The standard InChI is InChI=1S/C19H25N3O5S/c1-5-21(15-9-7-6-8-10-15)28(26,27)16-11-12-17(18(13-16)22(24)25)20(4)14-19(2,3)23/h6-13,23H,5,14H2,1-4H3. The van der Waals surface area contributed by atoms with Crippen molar-refractivity contribution in [3.05, 3.63) is 58.6 Å². The molecule has 0 spiro atoms. The third-order valence-electron chi connectivity index (χ3n) is 4.10. The van der Waals surface area contributed by atoms with E-state index in [1.54, 1.807) is 58.2 Å². The van der Waals surface area contributed by atoms with Crippen LogP contribution in [0.25, 0.3) is 0 Å². The molecule has 1 N–H and O–H groups in total. The molecule has 0 amide bonds. The number of sulfonamides is 1. The maximum atomic E-state index is 13.1. The fourth-order valence-electron chi connectivity index (χ4n) is 3.01. The second kappa shape index (κ2) is 8.15. The van der Waals surface area contributed by atoms with Crippen LogP contribution in [0.4, 0.5) is 17.1 Å². The summed E-state index contributed by atoms with van der Waals surface area (Å²) in [6, 6.07) is 12.4. The van der Waals surface area contributed by atoms with Gasteiger partial charge in [0, 0.05) is 26.2 Å². The van der Waals surface area contributed by atoms with Crippen LogP contribution in [0.3, 0.4) is 0 Å². The van der Waals surface area contributed by atoms with Gasteiger partial charge in [-0.05, 0) is 45.0 Å². The first-order chi connectivity index (χ1) is 13.0. The number of para-hydroxylation sites is 1. The zero-order valence-corrected chi connectivity index (χ0v) is 17.2. The molecule has 2 aromatic rings. The number of likely N-dealkylation sites (N-methyl/N-ethyl adjacent to an activating group) is 1. The van der Waals surface area contributed by atoms with E-state index in [4.69, 9.17) is 0 Å². The molecule has 0 aliphatic heterocycles. The van der Waals surface area contributed by atoms with Gasteiger partial charge in [0.25, 0.3) is 15.7 Å². The second-order valence-electron chi connectivity index (χ2n) is 7.08. The third kappa shape index (κ3) is 4.79. The van der Waals surface area contributed by atoms with Crippen molar-refractivity contribution in [1.29, 1.82) is 0 Å². The van der Waals surface area contributed by atoms with Crippen molar-refractivity contribution >= 4 is 27.1 Å². The van der Waals surface area contributed by atoms with Gasteiger partial charge in [-0.2, -0.15) is 0 Å². The molecule has 0 atom stereocenters. The fraction of sp³-hybridized carbons (Fsp3) is 0.368. The molecular weight excluding hydrogens is 382 g/mol. The lowest BCUT2D eigenvalue weighted by molar-refractivity contribution is -0.384. The lowest BCUT2D eigenvalue weighted by Crippen LogP contribution is -2.36. The van der Waals surface area contributed by atoms with E-state index < -0.39 is 20.5 Å². The van der Waals surface area contributed by atoms with Gasteiger partial charge in [0.2, 0.25) is 0 Å². The average molecular weight is 407 g/mol. The molecule has 0 fully saturated rings. The number of benzene rings is 2. The first kappa shape index (κ1) is 21.6. The summed E-state index contributed by atoms with van der Waals surface area (Å²) in [7, 11) is -2.37. The first-order valence-electron chi connectivity index (χ1n) is 8.77. The third-order valence-corrected chi connectivity index (χ3v) is 6.00. The molecular formula is C19H25N3O5S. The van der Waals surface area contributed by atoms with Crippen LogP contribution in [-0.2, 0) is 10.0 Å². The maximum absolute atomic E-state index is 13.1. The molecule has 2 aromatic carbocycles. The smallest absolute Gasteiger partial charge is 0.293 e. The minimum Gasteiger partial charge on any atom is -0.389 e. The van der Waals surface area contributed by atoms with Crippen molar-refractivity contribution in [1.82, 2.24) is 0 Å². The van der Waals surface area contributed by atoms with E-state index in [1.807, 2.05) is 0 Å². The van der Waals surface area contributed by atoms with E-state index in [9.17, 15) is 23.6 Å². The molecule has 152 valence electrons. The highest BCUT2D eigenvalue weighted by Crippen LogP contribution is 2.33. The van der Waals surface area contributed by atoms with Crippen molar-refractivity contribution in [2.45, 2.75) is 31.3 Å². The van der Waals surface area contributed by atoms with Crippen LogP contribution in [0, 0.1) is 10.1 Å². The Morgan fingerprint density at radius 1 is 1.14 bits per heavy atom. The molecule has 0 bridgehead atoms. The highest BCUT2D eigenvalue weighted by atomic mass is 32.2. The molecule has 0 heterocycles. The number of nitro benzene ring substituents is 1. The first-order valence-corrected chi connectivity index (χ1v) is 10.2. The lowest BCUT2D eigenvalue weighted by Gasteiger charge is -2.27. The monoisotopic (exact) mass is 407 g/mol. The van der Waals surface area contributed by atoms with Gasteiger partial charge in [0.1, 0.15) is 5.69 Å². The molecule has 28 heavy (non-hydrogen) atoms. The molecule has 0 aromatic heterocycles. The Balaban J connectivity index is 2.51. The van der Waals surface area contributed by atoms with Gasteiger partial charge < -0.3 is 10.0 Å². The number of hydrogen-bond acceptors (Lipinski definition) is 6. The van der Waals surface area contributed by atoms with Crippen LogP contribution in [0.15, 0.2) is 53.4 Å². The van der Waals surface area contributed by atoms with Crippen molar-refractivity contribution in [2.24, 2.45) is 0 Å². The predicted octanol–water partition coefficient (Wildman–Crippen LogP) is 3.02. The molecule has 0 radical (unpaired) electrons. The van der Waals surface area contributed by atoms with E-state index in [2.05, 4.69) is 0 Å². The Kier molecular flexibility index (Phi) is 6.30. The van der Waals surface area contributed by atoms with E-state index in [-0.39, 0.29) is 29.4 Å². The predicted molar refractivity (Wildman–Crippen MR) is 109 cm³/mol. The molecule has 0 aliphatic rings. The molecule has 9 heteroatoms. The number of rotatable bonds is 8. The largest absolute Gasteiger partial charge is 0.389 e. The molecule has 0 saturated heterocycles. The van der Waals surface area contributed by atoms with Crippen LogP contribution in [0.5, 0.6) is 0 Å². The number of hydrogen-bond donors (Lipinski definition) is 1. The Labute approximate surface area is 165 Å². The van der Waals surface area contributed by atoms with Gasteiger partial charge >= 0.3 is 0 Å². The Hall–Kier alpha value is -2.65. The van der Waals surface area contributed by atoms with Gasteiger partial charge in [-0.3, -0.25) is 14.4 Å². The summed E-state index contributed by atoms with van der Waals surface area (Å²) in [4.78, 5) is 12.3. The van der Waals surface area contributed by atoms with Crippen LogP contribution in [0.1, 0.15) is 20.8 Å². The van der Waals surface area contributed by atoms with E-state index in [0.717, 1.165) is 6.07 Å². The number of nitro groups is 1. The molecule has 0 unspecified atom stereocenters. The van der Waals surface area contributed by atoms with Crippen LogP contribution in [0.2, 0.25) is 0 Å². The maximum Gasteiger partial charge on any atom is 0.293 e. The van der Waals surface area contributed by atoms with Gasteiger partial charge in [-0.15, -0.1) is 0 Å². The van der Waals surface area contributed by atoms with E-state index in [0.29, 0.717) is 5.69 Å². The molecule has 0 saturated carbocycles. The summed E-state index contributed by atoms with van der Waals surface area (Å²) >= 11 is 0. The zero-order chi connectivity index (χ0) is 21.1. The Morgan fingerprint density at radius 2 is 1.75 bits per heavy atom. The fourth-order valence-corrected chi connectivity index (χ4v) is 4.51. The van der Waals surface area contributed by atoms with Gasteiger partial charge in [0.15, 0.2) is 0 Å². The Morgan fingerprint density at radius 3 is 2.25 bits per heavy atom. The minimum atomic E-state index is -3.98. The summed E-state index contributed by atoms with van der Waals surface area (Å²) in [5.41, 5.74) is -0.693. The summed E-state index contributed by atoms with van der Waals surface area (Å²) < 4.78 is 27.4. The van der Waals surface area contributed by atoms with Gasteiger partial charge in [0.05, 0.1) is 21.1 Å². The van der Waals surface area contributed by atoms with Crippen molar-refractivity contribution in [2.75, 3.05) is 29.3 Å². The van der Waals surface area contributed by atoms with Gasteiger partial charge in [-0.25, -0.2) is 8.42 Å². The quantitative estimate of drug-likeness (QED) is 0.533. The van der Waals surface area contributed by atoms with Crippen LogP contribution < -0.4 is 9.21 Å². The summed E-state index contributed by atoms with van der Waals surface area (Å²) in [5.74, 6) is 0. The minimum absolute atomic E-state index is 0.144. The molecule has 2 rings (SSSR count). The number of aliphatic hydroxyl groups is 1. The normalized spacial score (nSPS) is 11.9. The second-order valence-corrected chi connectivity index (χ2v) is 8.94. The van der Waals surface area contributed by atoms with E-state index in [1.165, 1.54) is 21.3 Å². The molecule has 8 nitrogen and oxygen atoms in total. The van der Waals surface area contributed by atoms with Gasteiger partial charge in [-0.1, -0.05) is 18.2 Å². The van der Waals surface area contributed by atoms with Crippen molar-refractivity contribution < 1.29 is 18.4 Å². The van der Waals surface area contributed by atoms with E-state index >= 15 is 0 Å². The molecule has 0 aliphatic carbocycles. The summed E-state index contributed by atoms with van der Waals surface area (Å²) in [5, 5.41) is 21.6. The van der Waals surface area contributed by atoms with Crippen molar-refractivity contribution in [3.63, 3.8) is 0 Å². The lowest BCUT2D eigenvalue weighted by atomic mass is 10.1. The average Bonchev–Trinajstić information content (AvgIpc) is 2.61. The summed E-state index contributed by atoms with van der Waals surface area (Å²) in [6.07, 6.45) is 0. The van der Waals surface area contributed by atoms with Crippen LogP contribution in [-0.4, -0.2) is 44.2 Å². The SMILES string of the molecule is CCN(c1ccccc1)S(=O)(=O)c1ccc(N(C)CC(C)(C)O)c([N+](=O)[O-])c1. The number of anilines is 2. The highest BCUT2D eigenvalue weighted by Gasteiger charge is 2.29. The topological polar surface area (TPSA) is 104 Å². The number of nitrogens with zero attached hydrogens (tertiary/aromatic N) is 3. The van der Waals surface area contributed by atoms with Crippen LogP contribution >= 0.6 is 0 Å². The zero-order valence-electron chi connectivity index (χ0n) is 16.4. The van der Waals surface area contributed by atoms with Crippen molar-refractivity contribution in [3.8, 4) is 0 Å². The summed E-state index contributed by atoms with van der Waals surface area (Å²) in [6.45, 7) is 5.20. The highest BCUT2D eigenvalue weighted by molar-refractivity contribution is 7.92. The Bertz CT molecular complexity index is 940.